The summed E-state index contributed by atoms with van der Waals surface area (Å²) in [6, 6.07) is 13.9. The zero-order valence-corrected chi connectivity index (χ0v) is 18.0. The third-order valence-corrected chi connectivity index (χ3v) is 6.22. The monoisotopic (exact) mass is 417 g/mol. The smallest absolute Gasteiger partial charge is 0.263 e. The fourth-order valence-electron chi connectivity index (χ4n) is 3.38. The van der Waals surface area contributed by atoms with Crippen molar-refractivity contribution in [3.8, 4) is 11.1 Å². The molecule has 1 N–H and O–H groups in total. The molecule has 0 radical (unpaired) electrons. The number of nitrogens with zero attached hydrogens (tertiary/aromatic N) is 2. The molecule has 4 aromatic rings. The summed E-state index contributed by atoms with van der Waals surface area (Å²) in [5.41, 5.74) is 5.94. The Morgan fingerprint density at radius 1 is 1.10 bits per heavy atom. The van der Waals surface area contributed by atoms with E-state index in [1.54, 1.807) is 0 Å². The van der Waals surface area contributed by atoms with Gasteiger partial charge in [-0.1, -0.05) is 37.3 Å². The van der Waals surface area contributed by atoms with Gasteiger partial charge in [0.2, 0.25) is 5.91 Å². The van der Waals surface area contributed by atoms with Gasteiger partial charge in [-0.15, -0.1) is 11.3 Å². The van der Waals surface area contributed by atoms with Gasteiger partial charge in [-0.2, -0.15) is 0 Å². The molecule has 2 heterocycles. The quantitative estimate of drug-likeness (QED) is 0.500. The third kappa shape index (κ3) is 3.91. The van der Waals surface area contributed by atoms with E-state index in [-0.39, 0.29) is 18.0 Å². The molecule has 0 unspecified atom stereocenters. The van der Waals surface area contributed by atoms with Gasteiger partial charge < -0.3 is 5.32 Å². The maximum atomic E-state index is 13.2. The number of aromatic nitrogens is 2. The van der Waals surface area contributed by atoms with Crippen LogP contribution in [-0.2, 0) is 17.8 Å². The molecular weight excluding hydrogens is 394 g/mol. The molecule has 0 aliphatic rings. The summed E-state index contributed by atoms with van der Waals surface area (Å²) in [5.74, 6) is -0.259. The Labute approximate surface area is 179 Å². The van der Waals surface area contributed by atoms with E-state index in [0.29, 0.717) is 15.9 Å². The summed E-state index contributed by atoms with van der Waals surface area (Å²) >= 11 is 1.44. The minimum atomic E-state index is -0.259. The van der Waals surface area contributed by atoms with Crippen LogP contribution in [-0.4, -0.2) is 15.5 Å². The molecule has 0 saturated heterocycles. The molecular formula is C24H23N3O2S. The molecule has 2 aromatic heterocycles. The van der Waals surface area contributed by atoms with E-state index >= 15 is 0 Å². The molecule has 4 rings (SSSR count). The van der Waals surface area contributed by atoms with Crippen molar-refractivity contribution in [3.63, 3.8) is 0 Å². The van der Waals surface area contributed by atoms with Crippen molar-refractivity contribution < 1.29 is 4.79 Å². The predicted molar refractivity (Wildman–Crippen MR) is 123 cm³/mol. The molecule has 152 valence electrons. The SMILES string of the molecule is CCc1ccc(NC(=O)Cn2cnc3scc(-c4ccc(C)c(C)c4)c3c2=O)cc1. The minimum absolute atomic E-state index is 0.0838. The number of thiophene rings is 1. The number of amides is 1. The minimum Gasteiger partial charge on any atom is -0.325 e. The predicted octanol–water partition coefficient (Wildman–Crippen LogP) is 4.94. The lowest BCUT2D eigenvalue weighted by atomic mass is 10.0. The van der Waals surface area contributed by atoms with Gasteiger partial charge in [0.1, 0.15) is 11.4 Å². The van der Waals surface area contributed by atoms with Gasteiger partial charge in [-0.05, 0) is 54.7 Å². The van der Waals surface area contributed by atoms with Crippen molar-refractivity contribution in [2.45, 2.75) is 33.7 Å². The van der Waals surface area contributed by atoms with E-state index in [2.05, 4.69) is 43.2 Å². The van der Waals surface area contributed by atoms with Gasteiger partial charge in [0.05, 0.1) is 11.7 Å². The average molecular weight is 418 g/mol. The Balaban J connectivity index is 1.63. The first kappa shape index (κ1) is 20.0. The van der Waals surface area contributed by atoms with Crippen LogP contribution in [0.5, 0.6) is 0 Å². The van der Waals surface area contributed by atoms with Crippen LogP contribution >= 0.6 is 11.3 Å². The Hall–Kier alpha value is -3.25. The van der Waals surface area contributed by atoms with Crippen LogP contribution < -0.4 is 10.9 Å². The Kier molecular flexibility index (Phi) is 5.50. The van der Waals surface area contributed by atoms with Crippen LogP contribution in [0.4, 0.5) is 5.69 Å². The van der Waals surface area contributed by atoms with Crippen molar-refractivity contribution in [3.05, 3.63) is 81.2 Å². The topological polar surface area (TPSA) is 64.0 Å². The van der Waals surface area contributed by atoms with E-state index in [9.17, 15) is 9.59 Å². The Bertz CT molecular complexity index is 1290. The first-order chi connectivity index (χ1) is 14.5. The van der Waals surface area contributed by atoms with Crippen LogP contribution in [0.2, 0.25) is 0 Å². The van der Waals surface area contributed by atoms with Crippen molar-refractivity contribution in [1.82, 2.24) is 9.55 Å². The second-order valence-corrected chi connectivity index (χ2v) is 8.26. The highest BCUT2D eigenvalue weighted by molar-refractivity contribution is 7.17. The summed E-state index contributed by atoms with van der Waals surface area (Å²) < 4.78 is 1.37. The third-order valence-electron chi connectivity index (χ3n) is 5.34. The molecule has 0 saturated carbocycles. The zero-order chi connectivity index (χ0) is 21.3. The normalized spacial score (nSPS) is 11.0. The fourth-order valence-corrected chi connectivity index (χ4v) is 4.29. The summed E-state index contributed by atoms with van der Waals surface area (Å²) in [7, 11) is 0. The Morgan fingerprint density at radius 2 is 1.87 bits per heavy atom. The van der Waals surface area contributed by atoms with Crippen LogP contribution in [0.1, 0.15) is 23.6 Å². The van der Waals surface area contributed by atoms with Gasteiger partial charge >= 0.3 is 0 Å². The first-order valence-corrected chi connectivity index (χ1v) is 10.8. The van der Waals surface area contributed by atoms with Crippen LogP contribution in [0.25, 0.3) is 21.3 Å². The lowest BCUT2D eigenvalue weighted by Crippen LogP contribution is -2.27. The second kappa shape index (κ2) is 8.24. The number of nitrogens with one attached hydrogen (secondary N) is 1. The Morgan fingerprint density at radius 3 is 2.57 bits per heavy atom. The van der Waals surface area contributed by atoms with E-state index in [1.807, 2.05) is 35.7 Å². The van der Waals surface area contributed by atoms with E-state index < -0.39 is 0 Å². The number of rotatable bonds is 5. The molecule has 5 nitrogen and oxygen atoms in total. The van der Waals surface area contributed by atoms with E-state index in [4.69, 9.17) is 0 Å². The van der Waals surface area contributed by atoms with Gasteiger partial charge in [0.15, 0.2) is 0 Å². The van der Waals surface area contributed by atoms with Crippen molar-refractivity contribution >= 4 is 33.1 Å². The molecule has 30 heavy (non-hydrogen) atoms. The van der Waals surface area contributed by atoms with Crippen molar-refractivity contribution in [2.24, 2.45) is 0 Å². The van der Waals surface area contributed by atoms with Crippen LogP contribution in [0.3, 0.4) is 0 Å². The summed E-state index contributed by atoms with van der Waals surface area (Å²) in [5, 5.41) is 5.37. The van der Waals surface area contributed by atoms with Crippen molar-refractivity contribution in [1.29, 1.82) is 0 Å². The average Bonchev–Trinajstić information content (AvgIpc) is 3.17. The van der Waals surface area contributed by atoms with Gasteiger partial charge in [0, 0.05) is 16.6 Å². The molecule has 0 aliphatic heterocycles. The highest BCUT2D eigenvalue weighted by Gasteiger charge is 2.15. The molecule has 0 spiro atoms. The second-order valence-electron chi connectivity index (χ2n) is 7.40. The molecule has 0 fully saturated rings. The number of aryl methyl sites for hydroxylation is 3. The van der Waals surface area contributed by atoms with Gasteiger partial charge in [0.25, 0.3) is 5.56 Å². The summed E-state index contributed by atoms with van der Waals surface area (Å²) in [6.45, 7) is 6.12. The molecule has 6 heteroatoms. The molecule has 0 bridgehead atoms. The number of anilines is 1. The maximum absolute atomic E-state index is 13.2. The maximum Gasteiger partial charge on any atom is 0.263 e. The number of carbonyl (C=O) groups is 1. The lowest BCUT2D eigenvalue weighted by Gasteiger charge is -2.09. The largest absolute Gasteiger partial charge is 0.325 e. The zero-order valence-electron chi connectivity index (χ0n) is 17.2. The number of hydrogen-bond donors (Lipinski definition) is 1. The molecule has 1 amide bonds. The molecule has 0 atom stereocenters. The van der Waals surface area contributed by atoms with E-state index in [0.717, 1.165) is 17.5 Å². The van der Waals surface area contributed by atoms with Crippen LogP contribution in [0.15, 0.2) is 59.0 Å². The van der Waals surface area contributed by atoms with Gasteiger partial charge in [-0.3, -0.25) is 14.2 Å². The summed E-state index contributed by atoms with van der Waals surface area (Å²) in [6.07, 6.45) is 2.39. The van der Waals surface area contributed by atoms with Crippen LogP contribution in [0, 0.1) is 13.8 Å². The molecule has 2 aromatic carbocycles. The van der Waals surface area contributed by atoms with Crippen molar-refractivity contribution in [2.75, 3.05) is 5.32 Å². The highest BCUT2D eigenvalue weighted by Crippen LogP contribution is 2.31. The summed E-state index contributed by atoms with van der Waals surface area (Å²) in [4.78, 5) is 30.8. The fraction of sp³-hybridized carbons (Fsp3) is 0.208. The number of hydrogen-bond acceptors (Lipinski definition) is 4. The highest BCUT2D eigenvalue weighted by atomic mass is 32.1. The lowest BCUT2D eigenvalue weighted by molar-refractivity contribution is -0.116. The van der Waals surface area contributed by atoms with E-state index in [1.165, 1.54) is 38.9 Å². The molecule has 0 aliphatic carbocycles. The number of benzene rings is 2. The number of fused-ring (bicyclic) bond motifs is 1. The number of carbonyl (C=O) groups excluding carboxylic acids is 1. The van der Waals surface area contributed by atoms with Gasteiger partial charge in [-0.25, -0.2) is 4.98 Å². The first-order valence-electron chi connectivity index (χ1n) is 9.89. The standard InChI is InChI=1S/C24H23N3O2S/c1-4-17-6-9-19(10-7-17)26-21(28)12-27-14-25-23-22(24(27)29)20(13-30-23)18-8-5-15(2)16(3)11-18/h5-11,13-14H,4,12H2,1-3H3,(H,26,28).